The number of benzene rings is 2. The molecule has 36 heavy (non-hydrogen) atoms. The molecule has 1 amide bonds. The number of hydrogen-bond acceptors (Lipinski definition) is 8. The molecule has 196 valence electrons. The van der Waals surface area contributed by atoms with E-state index in [0.717, 1.165) is 0 Å². The molecule has 0 aliphatic rings. The fourth-order valence-electron chi connectivity index (χ4n) is 3.47. The van der Waals surface area contributed by atoms with E-state index in [9.17, 15) is 19.5 Å². The highest BCUT2D eigenvalue weighted by atomic mass is 28.4. The molecule has 0 aromatic heterocycles. The standard InChI is InChI=1S/C25H33NO9Si/c1-5-31-36(32-6-2,33-7-3)15-9-14-26-24(28)23-17-21(12-13-22(23)25(29)30)35-20-11-8-10-19(16-20)34-18(4)27/h8,10-13,16-17H,5-7,9,14-15H2,1-4H3,(H,26,28)(H,29,30). The molecule has 0 atom stereocenters. The van der Waals surface area contributed by atoms with E-state index in [-0.39, 0.29) is 23.4 Å². The SMILES string of the molecule is CCO[Si](CCCNC(=O)c1cc(Oc2cccc(OC(C)=O)c2)ccc1C(=O)O)(OCC)OCC. The van der Waals surface area contributed by atoms with Crippen molar-refractivity contribution in [2.75, 3.05) is 26.4 Å². The number of carbonyl (C=O) groups is 3. The fraction of sp³-hybridized carbons (Fsp3) is 0.400. The number of carboxylic acid groups (broad SMARTS) is 1. The van der Waals surface area contributed by atoms with Gasteiger partial charge in [0.2, 0.25) is 0 Å². The van der Waals surface area contributed by atoms with Crippen LogP contribution in [0.1, 0.15) is 54.8 Å². The Morgan fingerprint density at radius 2 is 1.47 bits per heavy atom. The van der Waals surface area contributed by atoms with Crippen molar-refractivity contribution in [1.82, 2.24) is 5.32 Å². The van der Waals surface area contributed by atoms with Gasteiger partial charge in [-0.05, 0) is 57.5 Å². The summed E-state index contributed by atoms with van der Waals surface area (Å²) in [4.78, 5) is 35.8. The lowest BCUT2D eigenvalue weighted by molar-refractivity contribution is -0.131. The molecule has 0 bridgehead atoms. The number of esters is 1. The highest BCUT2D eigenvalue weighted by Crippen LogP contribution is 2.27. The summed E-state index contributed by atoms with van der Waals surface area (Å²) in [5.41, 5.74) is -0.200. The molecule has 0 fully saturated rings. The summed E-state index contributed by atoms with van der Waals surface area (Å²) in [6.07, 6.45) is 0.527. The minimum Gasteiger partial charge on any atom is -0.478 e. The van der Waals surface area contributed by atoms with E-state index in [2.05, 4.69) is 5.32 Å². The summed E-state index contributed by atoms with van der Waals surface area (Å²) in [6, 6.07) is 11.0. The van der Waals surface area contributed by atoms with Crippen molar-refractivity contribution in [1.29, 1.82) is 0 Å². The van der Waals surface area contributed by atoms with Gasteiger partial charge < -0.3 is 33.2 Å². The molecule has 0 spiro atoms. The van der Waals surface area contributed by atoms with Crippen molar-refractivity contribution in [3.05, 3.63) is 53.6 Å². The second kappa shape index (κ2) is 14.3. The number of rotatable bonds is 15. The molecule has 0 saturated carbocycles. The van der Waals surface area contributed by atoms with E-state index >= 15 is 0 Å². The zero-order valence-electron chi connectivity index (χ0n) is 21.0. The van der Waals surface area contributed by atoms with Crippen molar-refractivity contribution < 1.29 is 42.2 Å². The van der Waals surface area contributed by atoms with Crippen molar-refractivity contribution in [2.45, 2.75) is 40.2 Å². The molecule has 11 heteroatoms. The molecular formula is C25H33NO9Si. The van der Waals surface area contributed by atoms with Crippen molar-refractivity contribution in [3.8, 4) is 17.2 Å². The molecule has 2 N–H and O–H groups in total. The van der Waals surface area contributed by atoms with Gasteiger partial charge in [-0.2, -0.15) is 0 Å². The quantitative estimate of drug-likeness (QED) is 0.153. The zero-order valence-corrected chi connectivity index (χ0v) is 22.0. The van der Waals surface area contributed by atoms with Crippen LogP contribution < -0.4 is 14.8 Å². The van der Waals surface area contributed by atoms with Gasteiger partial charge in [-0.25, -0.2) is 4.79 Å². The Labute approximate surface area is 211 Å². The first kappa shape index (κ1) is 29.0. The third-order valence-electron chi connectivity index (χ3n) is 4.81. The minimum absolute atomic E-state index is 0.0425. The summed E-state index contributed by atoms with van der Waals surface area (Å²) in [5.74, 6) is -1.36. The minimum atomic E-state index is -2.84. The molecular weight excluding hydrogens is 486 g/mol. The summed E-state index contributed by atoms with van der Waals surface area (Å²) < 4.78 is 28.3. The first-order valence-electron chi connectivity index (χ1n) is 11.8. The van der Waals surface area contributed by atoms with Gasteiger partial charge in [0.1, 0.15) is 17.2 Å². The van der Waals surface area contributed by atoms with Gasteiger partial charge in [0.25, 0.3) is 5.91 Å². The first-order valence-corrected chi connectivity index (χ1v) is 13.7. The molecule has 0 aliphatic carbocycles. The molecule has 0 heterocycles. The van der Waals surface area contributed by atoms with Crippen LogP contribution in [-0.2, 0) is 18.1 Å². The fourth-order valence-corrected chi connectivity index (χ4v) is 6.08. The van der Waals surface area contributed by atoms with Crippen molar-refractivity contribution in [3.63, 3.8) is 0 Å². The molecule has 10 nitrogen and oxygen atoms in total. The molecule has 0 aliphatic heterocycles. The monoisotopic (exact) mass is 519 g/mol. The predicted octanol–water partition coefficient (Wildman–Crippen LogP) is 4.27. The molecule has 0 saturated heterocycles. The summed E-state index contributed by atoms with van der Waals surface area (Å²) in [7, 11) is -2.84. The largest absolute Gasteiger partial charge is 0.500 e. The normalized spacial score (nSPS) is 11.1. The summed E-state index contributed by atoms with van der Waals surface area (Å²) >= 11 is 0. The Morgan fingerprint density at radius 1 is 0.861 bits per heavy atom. The van der Waals surface area contributed by atoms with Gasteiger partial charge in [0, 0.05) is 45.4 Å². The number of carbonyl (C=O) groups excluding carboxylic acids is 2. The van der Waals surface area contributed by atoms with E-state index in [1.807, 2.05) is 20.8 Å². The lowest BCUT2D eigenvalue weighted by atomic mass is 10.1. The molecule has 2 aromatic carbocycles. The zero-order chi connectivity index (χ0) is 26.6. The third-order valence-corrected chi connectivity index (χ3v) is 7.96. The van der Waals surface area contributed by atoms with Crippen LogP contribution in [0.2, 0.25) is 6.04 Å². The van der Waals surface area contributed by atoms with Gasteiger partial charge in [0.15, 0.2) is 0 Å². The maximum absolute atomic E-state index is 12.9. The van der Waals surface area contributed by atoms with Crippen LogP contribution in [-0.4, -0.2) is 58.1 Å². The van der Waals surface area contributed by atoms with Gasteiger partial charge in [-0.3, -0.25) is 9.59 Å². The highest BCUT2D eigenvalue weighted by molar-refractivity contribution is 6.60. The van der Waals surface area contributed by atoms with Gasteiger partial charge in [-0.15, -0.1) is 0 Å². The predicted molar refractivity (Wildman–Crippen MR) is 134 cm³/mol. The Bertz CT molecular complexity index is 1030. The second-order valence-corrected chi connectivity index (χ2v) is 10.3. The van der Waals surface area contributed by atoms with Crippen LogP contribution in [0.25, 0.3) is 0 Å². The average Bonchev–Trinajstić information content (AvgIpc) is 2.82. The Hall–Kier alpha value is -3.25. The summed E-state index contributed by atoms with van der Waals surface area (Å²) in [6.45, 7) is 8.54. The van der Waals surface area contributed by atoms with Crippen LogP contribution in [0.5, 0.6) is 17.2 Å². The molecule has 2 rings (SSSR count). The lowest BCUT2D eigenvalue weighted by Crippen LogP contribution is -2.46. The van der Waals surface area contributed by atoms with Crippen LogP contribution >= 0.6 is 0 Å². The van der Waals surface area contributed by atoms with Crippen LogP contribution in [0.4, 0.5) is 0 Å². The maximum Gasteiger partial charge on any atom is 0.500 e. The number of amides is 1. The van der Waals surface area contributed by atoms with Crippen LogP contribution in [0, 0.1) is 0 Å². The Kier molecular flexibility index (Phi) is 11.5. The van der Waals surface area contributed by atoms with Crippen molar-refractivity contribution in [2.24, 2.45) is 0 Å². The Balaban J connectivity index is 2.11. The van der Waals surface area contributed by atoms with E-state index < -0.39 is 26.7 Å². The Morgan fingerprint density at radius 3 is 2.06 bits per heavy atom. The topological polar surface area (TPSA) is 130 Å². The number of nitrogens with one attached hydrogen (secondary N) is 1. The molecule has 2 aromatic rings. The average molecular weight is 520 g/mol. The molecule has 0 unspecified atom stereocenters. The van der Waals surface area contributed by atoms with Gasteiger partial charge in [0.05, 0.1) is 11.1 Å². The number of aromatic carboxylic acids is 1. The number of hydrogen-bond donors (Lipinski definition) is 2. The number of ether oxygens (including phenoxy) is 2. The van der Waals surface area contributed by atoms with Crippen molar-refractivity contribution >= 4 is 26.7 Å². The van der Waals surface area contributed by atoms with Gasteiger partial charge in [-0.1, -0.05) is 6.07 Å². The van der Waals surface area contributed by atoms with E-state index in [1.54, 1.807) is 18.2 Å². The van der Waals surface area contributed by atoms with Crippen LogP contribution in [0.15, 0.2) is 42.5 Å². The first-order chi connectivity index (χ1) is 17.2. The highest BCUT2D eigenvalue weighted by Gasteiger charge is 2.39. The van der Waals surface area contributed by atoms with E-state index in [0.29, 0.717) is 43.8 Å². The number of carboxylic acids is 1. The third kappa shape index (κ3) is 8.75. The van der Waals surface area contributed by atoms with Crippen LogP contribution in [0.3, 0.4) is 0 Å². The molecule has 0 radical (unpaired) electrons. The second-order valence-electron chi connectivity index (χ2n) is 7.52. The van der Waals surface area contributed by atoms with E-state index in [1.165, 1.54) is 31.2 Å². The lowest BCUT2D eigenvalue weighted by Gasteiger charge is -2.28. The maximum atomic E-state index is 12.9. The van der Waals surface area contributed by atoms with Gasteiger partial charge >= 0.3 is 20.7 Å². The smallest absolute Gasteiger partial charge is 0.478 e. The van der Waals surface area contributed by atoms with E-state index in [4.69, 9.17) is 22.8 Å². The summed E-state index contributed by atoms with van der Waals surface area (Å²) in [5, 5.41) is 12.3.